The molecular weight excluding hydrogens is 246 g/mol. The van der Waals surface area contributed by atoms with Gasteiger partial charge in [0, 0.05) is 6.04 Å². The average Bonchev–Trinajstić information content (AvgIpc) is 2.80. The van der Waals surface area contributed by atoms with Gasteiger partial charge in [-0.25, -0.2) is 4.79 Å². The van der Waals surface area contributed by atoms with Gasteiger partial charge in [0.05, 0.1) is 19.8 Å². The number of aliphatic hydroxyl groups is 1. The van der Waals surface area contributed by atoms with Gasteiger partial charge in [-0.1, -0.05) is 19.3 Å². The summed E-state index contributed by atoms with van der Waals surface area (Å²) < 4.78 is 9.96. The van der Waals surface area contributed by atoms with E-state index in [1.807, 2.05) is 0 Å². The third-order valence-corrected chi connectivity index (χ3v) is 3.57. The van der Waals surface area contributed by atoms with Crippen LogP contribution >= 0.6 is 0 Å². The average molecular weight is 267 g/mol. The maximum atomic E-state index is 11.3. The summed E-state index contributed by atoms with van der Waals surface area (Å²) in [6.45, 7) is 0.513. The number of nitrogens with one attached hydrogen (secondary N) is 1. The van der Waals surface area contributed by atoms with Crippen LogP contribution in [0.15, 0.2) is 16.5 Å². The molecule has 1 aromatic heterocycles. The smallest absolute Gasteiger partial charge is 0.373 e. The molecule has 2 rings (SSSR count). The molecule has 2 N–H and O–H groups in total. The van der Waals surface area contributed by atoms with E-state index in [2.05, 4.69) is 10.1 Å². The van der Waals surface area contributed by atoms with E-state index in [1.54, 1.807) is 12.1 Å². The monoisotopic (exact) mass is 267 g/mol. The molecule has 1 aliphatic rings. The Labute approximate surface area is 112 Å². The molecule has 0 bridgehead atoms. The normalized spacial score (nSPS) is 23.9. The second kappa shape index (κ2) is 6.73. The van der Waals surface area contributed by atoms with Crippen LogP contribution in [0.4, 0.5) is 0 Å². The predicted molar refractivity (Wildman–Crippen MR) is 69.8 cm³/mol. The maximum Gasteiger partial charge on any atom is 0.373 e. The molecule has 106 valence electrons. The Bertz CT molecular complexity index is 415. The number of aliphatic hydroxyl groups excluding tert-OH is 1. The van der Waals surface area contributed by atoms with E-state index < -0.39 is 5.97 Å². The van der Waals surface area contributed by atoms with Crippen LogP contribution in [-0.2, 0) is 11.3 Å². The molecule has 0 saturated heterocycles. The van der Waals surface area contributed by atoms with Crippen molar-refractivity contribution in [3.63, 3.8) is 0 Å². The summed E-state index contributed by atoms with van der Waals surface area (Å²) in [4.78, 5) is 11.3. The van der Waals surface area contributed by atoms with Gasteiger partial charge < -0.3 is 19.6 Å². The lowest BCUT2D eigenvalue weighted by atomic mass is 10.1. The van der Waals surface area contributed by atoms with Crippen molar-refractivity contribution in [1.29, 1.82) is 0 Å². The Morgan fingerprint density at radius 2 is 2.21 bits per heavy atom. The minimum absolute atomic E-state index is 0.106. The van der Waals surface area contributed by atoms with Gasteiger partial charge in [-0.3, -0.25) is 0 Å². The molecule has 19 heavy (non-hydrogen) atoms. The van der Waals surface area contributed by atoms with Crippen molar-refractivity contribution in [2.24, 2.45) is 0 Å². The van der Waals surface area contributed by atoms with Gasteiger partial charge in [0.1, 0.15) is 5.76 Å². The number of hydrogen-bond acceptors (Lipinski definition) is 5. The van der Waals surface area contributed by atoms with Crippen LogP contribution in [-0.4, -0.2) is 30.3 Å². The summed E-state index contributed by atoms with van der Waals surface area (Å²) in [7, 11) is 1.32. The number of rotatable bonds is 4. The molecule has 5 heteroatoms. The van der Waals surface area contributed by atoms with Crippen molar-refractivity contribution in [3.05, 3.63) is 23.7 Å². The molecule has 1 aromatic rings. The first-order chi connectivity index (χ1) is 9.20. The summed E-state index contributed by atoms with van der Waals surface area (Å²) in [6, 6.07) is 3.46. The van der Waals surface area contributed by atoms with Crippen molar-refractivity contribution in [1.82, 2.24) is 5.32 Å². The molecule has 0 aromatic carbocycles. The summed E-state index contributed by atoms with van der Waals surface area (Å²) in [5.41, 5.74) is 0. The largest absolute Gasteiger partial charge is 0.463 e. The Hall–Kier alpha value is -1.33. The number of methoxy groups -OCH3 is 1. The fourth-order valence-electron chi connectivity index (χ4n) is 2.44. The number of carbonyl (C=O) groups is 1. The first-order valence-corrected chi connectivity index (χ1v) is 6.79. The van der Waals surface area contributed by atoms with E-state index in [9.17, 15) is 9.90 Å². The molecule has 1 heterocycles. The first kappa shape index (κ1) is 14.1. The Morgan fingerprint density at radius 3 is 3.00 bits per heavy atom. The lowest BCUT2D eigenvalue weighted by Crippen LogP contribution is -2.38. The van der Waals surface area contributed by atoms with Crippen LogP contribution in [0.3, 0.4) is 0 Å². The molecule has 0 aliphatic heterocycles. The molecule has 1 fully saturated rings. The molecule has 1 aliphatic carbocycles. The summed E-state index contributed by atoms with van der Waals surface area (Å²) >= 11 is 0. The first-order valence-electron chi connectivity index (χ1n) is 6.79. The summed E-state index contributed by atoms with van der Waals surface area (Å²) in [5.74, 6) is 0.415. The van der Waals surface area contributed by atoms with Crippen molar-refractivity contribution in [2.45, 2.75) is 50.8 Å². The maximum absolute atomic E-state index is 11.3. The quantitative estimate of drug-likeness (QED) is 0.643. The minimum atomic E-state index is -0.472. The third-order valence-electron chi connectivity index (χ3n) is 3.57. The summed E-state index contributed by atoms with van der Waals surface area (Å²) in [5, 5.41) is 13.3. The minimum Gasteiger partial charge on any atom is -0.463 e. The van der Waals surface area contributed by atoms with Gasteiger partial charge in [0.2, 0.25) is 5.76 Å². The molecule has 2 unspecified atom stereocenters. The van der Waals surface area contributed by atoms with Gasteiger partial charge in [-0.05, 0) is 25.0 Å². The van der Waals surface area contributed by atoms with E-state index in [4.69, 9.17) is 4.42 Å². The van der Waals surface area contributed by atoms with E-state index in [0.29, 0.717) is 12.3 Å². The topological polar surface area (TPSA) is 71.7 Å². The Kier molecular flexibility index (Phi) is 4.99. The second-order valence-electron chi connectivity index (χ2n) is 4.95. The van der Waals surface area contributed by atoms with Gasteiger partial charge in [-0.15, -0.1) is 0 Å². The highest BCUT2D eigenvalue weighted by atomic mass is 16.5. The van der Waals surface area contributed by atoms with Crippen LogP contribution in [0.2, 0.25) is 0 Å². The molecule has 1 saturated carbocycles. The molecule has 0 amide bonds. The lowest BCUT2D eigenvalue weighted by Gasteiger charge is -2.21. The lowest BCUT2D eigenvalue weighted by molar-refractivity contribution is 0.0562. The zero-order chi connectivity index (χ0) is 13.7. The van der Waals surface area contributed by atoms with Crippen LogP contribution in [0.1, 0.15) is 48.4 Å². The molecule has 0 radical (unpaired) electrons. The predicted octanol–water partition coefficient (Wildman–Crippen LogP) is 1.85. The number of esters is 1. The van der Waals surface area contributed by atoms with E-state index in [0.717, 1.165) is 25.7 Å². The van der Waals surface area contributed by atoms with Crippen molar-refractivity contribution < 1.29 is 19.1 Å². The van der Waals surface area contributed by atoms with Crippen molar-refractivity contribution in [2.75, 3.05) is 7.11 Å². The fourth-order valence-corrected chi connectivity index (χ4v) is 2.44. The van der Waals surface area contributed by atoms with E-state index in [-0.39, 0.29) is 17.9 Å². The van der Waals surface area contributed by atoms with Gasteiger partial charge >= 0.3 is 5.97 Å². The van der Waals surface area contributed by atoms with Crippen molar-refractivity contribution >= 4 is 5.97 Å². The van der Waals surface area contributed by atoms with Crippen LogP contribution < -0.4 is 5.32 Å². The molecular formula is C14H21NO4. The van der Waals surface area contributed by atoms with Gasteiger partial charge in [-0.2, -0.15) is 0 Å². The molecule has 0 spiro atoms. The number of carbonyl (C=O) groups excluding carboxylic acids is 1. The zero-order valence-corrected chi connectivity index (χ0v) is 11.2. The summed E-state index contributed by atoms with van der Waals surface area (Å²) in [6.07, 6.45) is 4.95. The van der Waals surface area contributed by atoms with Crippen LogP contribution in [0, 0.1) is 0 Å². The standard InChI is InChI=1S/C14H21NO4/c1-18-14(17)13-8-7-10(19-13)9-15-11-5-3-2-4-6-12(11)16/h7-8,11-12,15-16H,2-6,9H2,1H3. The fraction of sp³-hybridized carbons (Fsp3) is 0.643. The third kappa shape index (κ3) is 3.81. The van der Waals surface area contributed by atoms with Crippen LogP contribution in [0.25, 0.3) is 0 Å². The molecule has 2 atom stereocenters. The Morgan fingerprint density at radius 1 is 1.42 bits per heavy atom. The number of furan rings is 1. The number of ether oxygens (including phenoxy) is 1. The second-order valence-corrected chi connectivity index (χ2v) is 4.95. The highest BCUT2D eigenvalue weighted by Gasteiger charge is 2.21. The zero-order valence-electron chi connectivity index (χ0n) is 11.2. The highest BCUT2D eigenvalue weighted by molar-refractivity contribution is 5.86. The van der Waals surface area contributed by atoms with E-state index in [1.165, 1.54) is 13.5 Å². The van der Waals surface area contributed by atoms with Crippen molar-refractivity contribution in [3.8, 4) is 0 Å². The Balaban J connectivity index is 1.87. The van der Waals surface area contributed by atoms with E-state index >= 15 is 0 Å². The van der Waals surface area contributed by atoms with Gasteiger partial charge in [0.15, 0.2) is 0 Å². The highest BCUT2D eigenvalue weighted by Crippen LogP contribution is 2.18. The van der Waals surface area contributed by atoms with Gasteiger partial charge in [0.25, 0.3) is 0 Å². The SMILES string of the molecule is COC(=O)c1ccc(CNC2CCCCCC2O)o1. The molecule has 5 nitrogen and oxygen atoms in total. The number of hydrogen-bond donors (Lipinski definition) is 2. The van der Waals surface area contributed by atoms with Crippen LogP contribution in [0.5, 0.6) is 0 Å².